The Kier molecular flexibility index (Phi) is 3.08. The molecular formula is C14H22O2Si. The van der Waals surface area contributed by atoms with E-state index in [2.05, 4.69) is 31.8 Å². The molecule has 2 nitrogen and oxygen atoms in total. The summed E-state index contributed by atoms with van der Waals surface area (Å²) in [4.78, 5) is 0. The summed E-state index contributed by atoms with van der Waals surface area (Å²) in [7, 11) is 0.466. The van der Waals surface area contributed by atoms with Crippen LogP contribution in [0.2, 0.25) is 25.2 Å². The molecule has 0 amide bonds. The molecule has 2 rings (SSSR count). The van der Waals surface area contributed by atoms with Gasteiger partial charge in [-0.25, -0.2) is 0 Å². The van der Waals surface area contributed by atoms with Crippen LogP contribution in [0.3, 0.4) is 0 Å². The number of rotatable bonds is 4. The monoisotopic (exact) mass is 250 g/mol. The summed E-state index contributed by atoms with van der Waals surface area (Å²) in [5.41, 5.74) is 1.32. The average Bonchev–Trinajstić information content (AvgIpc) is 2.91. The van der Waals surface area contributed by atoms with Gasteiger partial charge in [0.25, 0.3) is 0 Å². The zero-order valence-electron chi connectivity index (χ0n) is 11.2. The van der Waals surface area contributed by atoms with Gasteiger partial charge in [0.2, 0.25) is 0 Å². The van der Waals surface area contributed by atoms with Crippen molar-refractivity contribution < 1.29 is 9.84 Å². The molecular weight excluding hydrogens is 228 g/mol. The van der Waals surface area contributed by atoms with Crippen LogP contribution in [0.1, 0.15) is 12.0 Å². The van der Waals surface area contributed by atoms with E-state index < -0.39 is 13.7 Å². The maximum atomic E-state index is 10.5. The lowest BCUT2D eigenvalue weighted by atomic mass is 10.1. The van der Waals surface area contributed by atoms with E-state index in [1.54, 1.807) is 7.11 Å². The van der Waals surface area contributed by atoms with Crippen molar-refractivity contribution in [2.45, 2.75) is 43.6 Å². The standard InChI is InChI=1S/C14H22O2Si/c1-16-12-7-5-11(6-8-12)9-14(15)10-13(14)17(2,3)4/h5-8,13,15H,9-10H2,1-4H3/t13-,14+/m0/s1. The summed E-state index contributed by atoms with van der Waals surface area (Å²) in [6, 6.07) is 8.03. The van der Waals surface area contributed by atoms with E-state index in [9.17, 15) is 5.11 Å². The number of aliphatic hydroxyl groups is 1. The summed E-state index contributed by atoms with van der Waals surface area (Å²) >= 11 is 0. The average molecular weight is 250 g/mol. The van der Waals surface area contributed by atoms with E-state index in [0.29, 0.717) is 5.54 Å². The quantitative estimate of drug-likeness (QED) is 0.832. The van der Waals surface area contributed by atoms with E-state index in [-0.39, 0.29) is 0 Å². The molecule has 2 atom stereocenters. The first-order chi connectivity index (χ1) is 7.85. The Bertz CT molecular complexity index is 394. The molecule has 1 saturated carbocycles. The number of ether oxygens (including phenoxy) is 1. The highest BCUT2D eigenvalue weighted by atomic mass is 28.3. The van der Waals surface area contributed by atoms with Gasteiger partial charge in [-0.1, -0.05) is 31.8 Å². The van der Waals surface area contributed by atoms with Crippen LogP contribution < -0.4 is 4.74 Å². The molecule has 17 heavy (non-hydrogen) atoms. The molecule has 1 aromatic rings. The van der Waals surface area contributed by atoms with Crippen molar-refractivity contribution in [3.05, 3.63) is 29.8 Å². The highest BCUT2D eigenvalue weighted by molar-refractivity contribution is 6.78. The Morgan fingerprint density at radius 2 is 1.88 bits per heavy atom. The van der Waals surface area contributed by atoms with Crippen LogP contribution in [0.15, 0.2) is 24.3 Å². The third-order valence-electron chi connectivity index (χ3n) is 3.76. The minimum atomic E-state index is -1.21. The highest BCUT2D eigenvalue weighted by Gasteiger charge is 2.58. The molecule has 1 aromatic carbocycles. The molecule has 0 spiro atoms. The van der Waals surface area contributed by atoms with Gasteiger partial charge in [0.15, 0.2) is 0 Å². The molecule has 0 aromatic heterocycles. The zero-order valence-corrected chi connectivity index (χ0v) is 12.2. The first-order valence-electron chi connectivity index (χ1n) is 6.20. The minimum absolute atomic E-state index is 0.431. The largest absolute Gasteiger partial charge is 0.497 e. The van der Waals surface area contributed by atoms with Crippen LogP contribution in [0, 0.1) is 0 Å². The third kappa shape index (κ3) is 2.72. The molecule has 0 heterocycles. The van der Waals surface area contributed by atoms with Crippen molar-refractivity contribution in [3.63, 3.8) is 0 Å². The van der Waals surface area contributed by atoms with E-state index >= 15 is 0 Å². The Morgan fingerprint density at radius 1 is 1.29 bits per heavy atom. The second-order valence-electron chi connectivity index (χ2n) is 6.25. The van der Waals surface area contributed by atoms with Gasteiger partial charge in [-0.3, -0.25) is 0 Å². The molecule has 1 aliphatic carbocycles. The molecule has 0 unspecified atom stereocenters. The predicted octanol–water partition coefficient (Wildman–Crippen LogP) is 3.08. The Labute approximate surface area is 105 Å². The summed E-state index contributed by atoms with van der Waals surface area (Å²) in [6.07, 6.45) is 1.76. The van der Waals surface area contributed by atoms with Crippen LogP contribution >= 0.6 is 0 Å². The normalized spacial score (nSPS) is 27.9. The fourth-order valence-electron chi connectivity index (χ4n) is 2.70. The molecule has 1 aliphatic rings. The van der Waals surface area contributed by atoms with Gasteiger partial charge in [-0.2, -0.15) is 0 Å². The Morgan fingerprint density at radius 3 is 2.29 bits per heavy atom. The SMILES string of the molecule is COc1ccc(C[C@@]2(O)C[C@@H]2[Si](C)(C)C)cc1. The van der Waals surface area contributed by atoms with Gasteiger partial charge in [-0.05, 0) is 29.7 Å². The number of methoxy groups -OCH3 is 1. The second-order valence-corrected chi connectivity index (χ2v) is 11.7. The first kappa shape index (κ1) is 12.6. The lowest BCUT2D eigenvalue weighted by Crippen LogP contribution is -2.27. The molecule has 0 radical (unpaired) electrons. The molecule has 94 valence electrons. The van der Waals surface area contributed by atoms with Crippen LogP contribution in [-0.4, -0.2) is 25.9 Å². The van der Waals surface area contributed by atoms with Crippen LogP contribution in [0.5, 0.6) is 5.75 Å². The van der Waals surface area contributed by atoms with Gasteiger partial charge in [0.05, 0.1) is 20.8 Å². The molecule has 0 saturated heterocycles. The number of benzene rings is 1. The fourth-order valence-corrected chi connectivity index (χ4v) is 5.38. The van der Waals surface area contributed by atoms with E-state index in [4.69, 9.17) is 4.74 Å². The van der Waals surface area contributed by atoms with Gasteiger partial charge >= 0.3 is 0 Å². The van der Waals surface area contributed by atoms with Gasteiger partial charge in [0.1, 0.15) is 5.75 Å². The lowest BCUT2D eigenvalue weighted by Gasteiger charge is -2.19. The summed E-state index contributed by atoms with van der Waals surface area (Å²) in [5, 5.41) is 10.5. The van der Waals surface area contributed by atoms with Crippen LogP contribution in [0.4, 0.5) is 0 Å². The lowest BCUT2D eigenvalue weighted by molar-refractivity contribution is 0.150. The van der Waals surface area contributed by atoms with Gasteiger partial charge in [-0.15, -0.1) is 0 Å². The van der Waals surface area contributed by atoms with Crippen LogP contribution in [-0.2, 0) is 6.42 Å². The smallest absolute Gasteiger partial charge is 0.118 e. The summed E-state index contributed by atoms with van der Waals surface area (Å²) < 4.78 is 5.13. The number of hydrogen-bond donors (Lipinski definition) is 1. The molecule has 3 heteroatoms. The topological polar surface area (TPSA) is 29.5 Å². The van der Waals surface area contributed by atoms with Crippen molar-refractivity contribution in [2.24, 2.45) is 0 Å². The summed E-state index contributed by atoms with van der Waals surface area (Å²) in [6.45, 7) is 7.01. The highest BCUT2D eigenvalue weighted by Crippen LogP contribution is 2.56. The number of hydrogen-bond acceptors (Lipinski definition) is 2. The van der Waals surface area contributed by atoms with Crippen molar-refractivity contribution in [1.82, 2.24) is 0 Å². The fraction of sp³-hybridized carbons (Fsp3) is 0.571. The molecule has 0 bridgehead atoms. The van der Waals surface area contributed by atoms with E-state index in [1.165, 1.54) is 5.56 Å². The van der Waals surface area contributed by atoms with Crippen molar-refractivity contribution in [1.29, 1.82) is 0 Å². The minimum Gasteiger partial charge on any atom is -0.497 e. The Hall–Kier alpha value is -0.803. The Balaban J connectivity index is 2.02. The van der Waals surface area contributed by atoms with Crippen LogP contribution in [0.25, 0.3) is 0 Å². The first-order valence-corrected chi connectivity index (χ1v) is 9.78. The van der Waals surface area contributed by atoms with E-state index in [0.717, 1.165) is 18.6 Å². The summed E-state index contributed by atoms with van der Waals surface area (Å²) in [5.74, 6) is 0.873. The third-order valence-corrected chi connectivity index (χ3v) is 6.59. The van der Waals surface area contributed by atoms with Crippen molar-refractivity contribution in [2.75, 3.05) is 7.11 Å². The molecule has 1 N–H and O–H groups in total. The predicted molar refractivity (Wildman–Crippen MR) is 73.4 cm³/mol. The molecule has 0 aliphatic heterocycles. The van der Waals surface area contributed by atoms with E-state index in [1.807, 2.05) is 12.1 Å². The second kappa shape index (κ2) is 4.14. The van der Waals surface area contributed by atoms with Gasteiger partial charge < -0.3 is 9.84 Å². The molecule has 1 fully saturated rings. The van der Waals surface area contributed by atoms with Crippen molar-refractivity contribution in [3.8, 4) is 5.75 Å². The van der Waals surface area contributed by atoms with Gasteiger partial charge in [0, 0.05) is 6.42 Å². The zero-order chi connectivity index (χ0) is 12.7. The maximum Gasteiger partial charge on any atom is 0.118 e. The maximum absolute atomic E-state index is 10.5. The van der Waals surface area contributed by atoms with Crippen molar-refractivity contribution >= 4 is 8.07 Å².